The monoisotopic (exact) mass is 296 g/mol. The number of nitrogens with one attached hydrogen (secondary N) is 2. The average Bonchev–Trinajstić information content (AvgIpc) is 2.93. The van der Waals surface area contributed by atoms with Gasteiger partial charge in [-0.3, -0.25) is 0 Å². The molecule has 0 heterocycles. The molecule has 0 aromatic heterocycles. The highest BCUT2D eigenvalue weighted by Crippen LogP contribution is 2.18. The highest BCUT2D eigenvalue weighted by Gasteiger charge is 2.15. The van der Waals surface area contributed by atoms with Crippen molar-refractivity contribution in [3.63, 3.8) is 0 Å². The second-order valence-electron chi connectivity index (χ2n) is 4.47. The molecule has 1 aromatic carbocycles. The summed E-state index contributed by atoms with van der Waals surface area (Å²) in [5, 5.41) is 4.11. The van der Waals surface area contributed by atoms with Crippen LogP contribution in [0.25, 0.3) is 0 Å². The van der Waals surface area contributed by atoms with Crippen LogP contribution in [0.4, 0.5) is 0 Å². The first-order valence-electron chi connectivity index (χ1n) is 7.04. The van der Waals surface area contributed by atoms with Crippen LogP contribution in [-0.2, 0) is 0 Å². The molecule has 1 aliphatic carbocycles. The third kappa shape index (κ3) is 6.30. The Kier molecular flexibility index (Phi) is 7.91. The number of aryl methyl sites for hydroxylation is 1. The van der Waals surface area contributed by atoms with Gasteiger partial charge < -0.3 is 10.0 Å². The van der Waals surface area contributed by atoms with Crippen molar-refractivity contribution in [1.29, 1.82) is 0 Å². The highest BCUT2D eigenvalue weighted by molar-refractivity contribution is 7.99. The summed E-state index contributed by atoms with van der Waals surface area (Å²) in [6, 6.07) is 9.00. The zero-order valence-electron chi connectivity index (χ0n) is 12.0. The molecule has 4 heteroatoms. The van der Waals surface area contributed by atoms with E-state index in [0.717, 1.165) is 5.11 Å². The second kappa shape index (κ2) is 9.21. The summed E-state index contributed by atoms with van der Waals surface area (Å²) in [4.78, 5) is 1.19. The minimum Gasteiger partial charge on any atom is -0.359 e. The summed E-state index contributed by atoms with van der Waals surface area (Å²) in [7, 11) is 0. The lowest BCUT2D eigenvalue weighted by atomic mass is 10.2. The number of hydrogen-bond donors (Lipinski definition) is 2. The van der Waals surface area contributed by atoms with E-state index in [9.17, 15) is 0 Å². The van der Waals surface area contributed by atoms with Gasteiger partial charge in [0, 0.05) is 10.9 Å². The lowest BCUT2D eigenvalue weighted by Gasteiger charge is -2.14. The predicted molar refractivity (Wildman–Crippen MR) is 89.5 cm³/mol. The maximum atomic E-state index is 5.27. The van der Waals surface area contributed by atoms with Gasteiger partial charge in [-0.2, -0.15) is 0 Å². The summed E-state index contributed by atoms with van der Waals surface area (Å²) < 4.78 is 3.18. The lowest BCUT2D eigenvalue weighted by molar-refractivity contribution is 0.630. The molecule has 1 aliphatic rings. The Balaban J connectivity index is 0.000000861. The normalized spacial score (nSPS) is 14.5. The molecule has 0 saturated heterocycles. The Hall–Kier alpha value is -0.740. The molecule has 0 spiro atoms. The van der Waals surface area contributed by atoms with Crippen molar-refractivity contribution in [2.75, 3.05) is 0 Å². The van der Waals surface area contributed by atoms with Crippen LogP contribution in [0.2, 0.25) is 0 Å². The molecule has 2 N–H and O–H groups in total. The quantitative estimate of drug-likeness (QED) is 0.636. The summed E-state index contributed by atoms with van der Waals surface area (Å²) in [6.45, 7) is 6.09. The van der Waals surface area contributed by atoms with Gasteiger partial charge in [-0.1, -0.05) is 44.4 Å². The standard InChI is InChI=1S/C13H18N2S2.C2H6/c1-10-6-8-12(9-7-10)17-15-13(16)14-11-4-2-3-5-11;1-2/h6-9,11H,2-5H2,1H3,(H2,14,15,16);1-2H3. The van der Waals surface area contributed by atoms with Gasteiger partial charge in [0.25, 0.3) is 0 Å². The zero-order valence-corrected chi connectivity index (χ0v) is 13.7. The Bertz CT molecular complexity index is 370. The van der Waals surface area contributed by atoms with Gasteiger partial charge in [-0.25, -0.2) is 0 Å². The van der Waals surface area contributed by atoms with Crippen molar-refractivity contribution >= 4 is 29.3 Å². The van der Waals surface area contributed by atoms with E-state index in [2.05, 4.69) is 41.2 Å². The van der Waals surface area contributed by atoms with Gasteiger partial charge in [0.05, 0.1) is 0 Å². The minimum atomic E-state index is 0.577. The van der Waals surface area contributed by atoms with Gasteiger partial charge in [0.2, 0.25) is 0 Å². The minimum absolute atomic E-state index is 0.577. The van der Waals surface area contributed by atoms with Crippen LogP contribution in [-0.4, -0.2) is 11.2 Å². The van der Waals surface area contributed by atoms with E-state index in [0.29, 0.717) is 6.04 Å². The molecule has 0 radical (unpaired) electrons. The average molecular weight is 297 g/mol. The van der Waals surface area contributed by atoms with E-state index < -0.39 is 0 Å². The van der Waals surface area contributed by atoms with Crippen molar-refractivity contribution in [2.24, 2.45) is 0 Å². The molecule has 1 saturated carbocycles. The molecular weight excluding hydrogens is 272 g/mol. The first-order chi connectivity index (χ1) is 9.24. The Morgan fingerprint density at radius 1 is 1.16 bits per heavy atom. The summed E-state index contributed by atoms with van der Waals surface area (Å²) in [6.07, 6.45) is 5.14. The van der Waals surface area contributed by atoms with Crippen LogP contribution in [0.5, 0.6) is 0 Å². The van der Waals surface area contributed by atoms with Crippen LogP contribution in [0.1, 0.15) is 45.1 Å². The molecular formula is C15H24N2S2. The van der Waals surface area contributed by atoms with Crippen LogP contribution in [0.15, 0.2) is 29.2 Å². The van der Waals surface area contributed by atoms with Gasteiger partial charge in [-0.15, -0.1) is 0 Å². The molecule has 0 aliphatic heterocycles. The molecule has 0 atom stereocenters. The molecule has 2 rings (SSSR count). The number of hydrogen-bond acceptors (Lipinski definition) is 2. The molecule has 1 aromatic rings. The van der Waals surface area contributed by atoms with Gasteiger partial charge >= 0.3 is 0 Å². The SMILES string of the molecule is CC.Cc1ccc(SNC(=S)NC2CCCC2)cc1. The van der Waals surface area contributed by atoms with Crippen LogP contribution in [0.3, 0.4) is 0 Å². The van der Waals surface area contributed by atoms with E-state index >= 15 is 0 Å². The maximum absolute atomic E-state index is 5.27. The lowest BCUT2D eigenvalue weighted by Crippen LogP contribution is -2.37. The number of rotatable bonds is 3. The number of benzene rings is 1. The molecule has 19 heavy (non-hydrogen) atoms. The van der Waals surface area contributed by atoms with Crippen molar-refractivity contribution in [3.05, 3.63) is 29.8 Å². The second-order valence-corrected chi connectivity index (χ2v) is 5.76. The fraction of sp³-hybridized carbons (Fsp3) is 0.533. The third-order valence-corrected chi connectivity index (χ3v) is 4.14. The Morgan fingerprint density at radius 2 is 1.74 bits per heavy atom. The van der Waals surface area contributed by atoms with Crippen LogP contribution in [0, 0.1) is 6.92 Å². The van der Waals surface area contributed by atoms with Gasteiger partial charge in [0.15, 0.2) is 5.11 Å². The summed E-state index contributed by atoms with van der Waals surface area (Å²) in [5.74, 6) is 0. The van der Waals surface area contributed by atoms with Crippen LogP contribution < -0.4 is 10.0 Å². The van der Waals surface area contributed by atoms with E-state index in [1.54, 1.807) is 11.9 Å². The third-order valence-electron chi connectivity index (χ3n) is 2.97. The van der Waals surface area contributed by atoms with Crippen molar-refractivity contribution < 1.29 is 0 Å². The first kappa shape index (κ1) is 16.3. The zero-order chi connectivity index (χ0) is 14.1. The summed E-state index contributed by atoms with van der Waals surface area (Å²) in [5.41, 5.74) is 1.28. The van der Waals surface area contributed by atoms with Gasteiger partial charge in [0.1, 0.15) is 0 Å². The largest absolute Gasteiger partial charge is 0.359 e. The fourth-order valence-electron chi connectivity index (χ4n) is 2.00. The van der Waals surface area contributed by atoms with E-state index in [-0.39, 0.29) is 0 Å². The predicted octanol–water partition coefficient (Wildman–Crippen LogP) is 4.44. The van der Waals surface area contributed by atoms with E-state index in [1.807, 2.05) is 13.8 Å². The van der Waals surface area contributed by atoms with E-state index in [4.69, 9.17) is 12.2 Å². The van der Waals surface area contributed by atoms with Crippen molar-refractivity contribution in [3.8, 4) is 0 Å². The molecule has 2 nitrogen and oxygen atoms in total. The molecule has 1 fully saturated rings. The maximum Gasteiger partial charge on any atom is 0.176 e. The highest BCUT2D eigenvalue weighted by atomic mass is 32.2. The molecule has 0 amide bonds. The van der Waals surface area contributed by atoms with E-state index in [1.165, 1.54) is 36.1 Å². The number of thiocarbonyl (C=S) groups is 1. The topological polar surface area (TPSA) is 24.1 Å². The molecule has 0 bridgehead atoms. The molecule has 0 unspecified atom stereocenters. The molecule has 106 valence electrons. The fourth-order valence-corrected chi connectivity index (χ4v) is 2.83. The van der Waals surface area contributed by atoms with Gasteiger partial charge in [-0.05, 0) is 56.1 Å². The Morgan fingerprint density at radius 3 is 2.32 bits per heavy atom. The first-order valence-corrected chi connectivity index (χ1v) is 8.26. The van der Waals surface area contributed by atoms with Crippen molar-refractivity contribution in [2.45, 2.75) is 57.4 Å². The van der Waals surface area contributed by atoms with Crippen molar-refractivity contribution in [1.82, 2.24) is 10.0 Å². The Labute approximate surface area is 126 Å². The smallest absolute Gasteiger partial charge is 0.176 e. The summed E-state index contributed by atoms with van der Waals surface area (Å²) >= 11 is 6.84. The van der Waals surface area contributed by atoms with Crippen LogP contribution >= 0.6 is 24.2 Å².